The Bertz CT molecular complexity index is 1040. The van der Waals surface area contributed by atoms with Crippen LogP contribution in [0.4, 0.5) is 5.69 Å². The lowest BCUT2D eigenvalue weighted by atomic mass is 9.68. The number of nitrogens with one attached hydrogen (secondary N) is 1. The molecule has 1 fully saturated rings. The summed E-state index contributed by atoms with van der Waals surface area (Å²) in [6.45, 7) is 2.85. The molecule has 0 spiro atoms. The number of carbonyl (C=O) groups excluding carboxylic acids is 1. The Morgan fingerprint density at radius 3 is 2.39 bits per heavy atom. The maximum Gasteiger partial charge on any atom is 0.235 e. The summed E-state index contributed by atoms with van der Waals surface area (Å²) >= 11 is 6.12. The monoisotopic (exact) mass is 435 g/mol. The minimum absolute atomic E-state index is 0.0688. The number of unbranched alkanes of at least 4 members (excludes halogenated alkanes) is 1. The second kappa shape index (κ2) is 9.74. The van der Waals surface area contributed by atoms with Crippen LogP contribution in [0.25, 0.3) is 10.8 Å². The van der Waals surface area contributed by atoms with E-state index in [1.54, 1.807) is 0 Å². The van der Waals surface area contributed by atoms with E-state index in [4.69, 9.17) is 16.3 Å². The Balaban J connectivity index is 1.66. The van der Waals surface area contributed by atoms with Gasteiger partial charge in [0.15, 0.2) is 0 Å². The summed E-state index contributed by atoms with van der Waals surface area (Å²) in [6, 6.07) is 19.9. The van der Waals surface area contributed by atoms with Gasteiger partial charge in [-0.15, -0.1) is 0 Å². The smallest absolute Gasteiger partial charge is 0.235 e. The first-order valence-corrected chi connectivity index (χ1v) is 11.7. The summed E-state index contributed by atoms with van der Waals surface area (Å²) in [5, 5.41) is 6.00. The molecule has 31 heavy (non-hydrogen) atoms. The molecule has 1 amide bonds. The fourth-order valence-corrected chi connectivity index (χ4v) is 4.77. The second-order valence-corrected chi connectivity index (χ2v) is 8.90. The number of amides is 1. The van der Waals surface area contributed by atoms with Crippen LogP contribution in [0, 0.1) is 0 Å². The number of fused-ring (bicyclic) bond motifs is 1. The molecule has 0 aromatic heterocycles. The van der Waals surface area contributed by atoms with Gasteiger partial charge in [-0.3, -0.25) is 4.79 Å². The van der Waals surface area contributed by atoms with Crippen LogP contribution in [0.15, 0.2) is 60.7 Å². The Hall–Kier alpha value is -2.52. The van der Waals surface area contributed by atoms with E-state index >= 15 is 0 Å². The average Bonchev–Trinajstić information content (AvgIpc) is 2.81. The van der Waals surface area contributed by atoms with Crippen LogP contribution in [-0.2, 0) is 10.2 Å². The van der Waals surface area contributed by atoms with Crippen LogP contribution in [0.3, 0.4) is 0 Å². The fourth-order valence-electron chi connectivity index (χ4n) is 4.65. The van der Waals surface area contributed by atoms with Gasteiger partial charge in [0.2, 0.25) is 5.91 Å². The van der Waals surface area contributed by atoms with Gasteiger partial charge >= 0.3 is 0 Å². The van der Waals surface area contributed by atoms with Crippen LogP contribution in [0.2, 0.25) is 5.02 Å². The fraction of sp³-hybridized carbons (Fsp3) is 0.370. The average molecular weight is 436 g/mol. The van der Waals surface area contributed by atoms with Crippen LogP contribution >= 0.6 is 11.6 Å². The van der Waals surface area contributed by atoms with E-state index in [1.807, 2.05) is 54.6 Å². The van der Waals surface area contributed by atoms with E-state index in [2.05, 4.69) is 18.3 Å². The van der Waals surface area contributed by atoms with Gasteiger partial charge in [0.1, 0.15) is 5.75 Å². The highest BCUT2D eigenvalue weighted by Gasteiger charge is 2.41. The molecule has 4 rings (SSSR count). The highest BCUT2D eigenvalue weighted by molar-refractivity contribution is 6.30. The van der Waals surface area contributed by atoms with Crippen molar-refractivity contribution in [3.63, 3.8) is 0 Å². The predicted molar refractivity (Wildman–Crippen MR) is 129 cm³/mol. The van der Waals surface area contributed by atoms with Gasteiger partial charge in [-0.1, -0.05) is 80.6 Å². The van der Waals surface area contributed by atoms with E-state index in [1.165, 1.54) is 6.42 Å². The number of hydrogen-bond donors (Lipinski definition) is 1. The zero-order valence-electron chi connectivity index (χ0n) is 18.1. The number of anilines is 1. The van der Waals surface area contributed by atoms with Gasteiger partial charge in [-0.25, -0.2) is 0 Å². The van der Waals surface area contributed by atoms with Crippen molar-refractivity contribution in [1.29, 1.82) is 0 Å². The maximum absolute atomic E-state index is 13.7. The van der Waals surface area contributed by atoms with E-state index in [-0.39, 0.29) is 5.91 Å². The lowest BCUT2D eigenvalue weighted by Gasteiger charge is -2.36. The largest absolute Gasteiger partial charge is 0.493 e. The number of halogens is 1. The van der Waals surface area contributed by atoms with Gasteiger partial charge in [-0.2, -0.15) is 0 Å². The van der Waals surface area contributed by atoms with E-state index in [0.29, 0.717) is 11.6 Å². The highest BCUT2D eigenvalue weighted by atomic mass is 35.5. The molecule has 0 bridgehead atoms. The summed E-state index contributed by atoms with van der Waals surface area (Å²) in [5.74, 6) is 0.937. The molecule has 1 aliphatic rings. The van der Waals surface area contributed by atoms with Gasteiger partial charge < -0.3 is 10.1 Å². The Morgan fingerprint density at radius 1 is 0.968 bits per heavy atom. The Morgan fingerprint density at radius 2 is 1.68 bits per heavy atom. The third kappa shape index (κ3) is 4.57. The summed E-state index contributed by atoms with van der Waals surface area (Å²) in [7, 11) is 0. The first kappa shape index (κ1) is 21.7. The molecule has 1 saturated carbocycles. The molecule has 1 aliphatic carbocycles. The van der Waals surface area contributed by atoms with Gasteiger partial charge in [0.25, 0.3) is 0 Å². The van der Waals surface area contributed by atoms with Crippen molar-refractivity contribution in [2.75, 3.05) is 11.9 Å². The number of hydrogen-bond acceptors (Lipinski definition) is 2. The molecule has 0 heterocycles. The minimum Gasteiger partial charge on any atom is -0.493 e. The third-order valence-electron chi connectivity index (χ3n) is 6.43. The Labute approximate surface area is 189 Å². The van der Waals surface area contributed by atoms with Crippen molar-refractivity contribution in [2.24, 2.45) is 0 Å². The molecule has 0 saturated heterocycles. The summed E-state index contributed by atoms with van der Waals surface area (Å²) in [4.78, 5) is 13.7. The molecule has 0 radical (unpaired) electrons. The zero-order chi connectivity index (χ0) is 21.7. The van der Waals surface area contributed by atoms with Gasteiger partial charge in [0, 0.05) is 21.5 Å². The number of rotatable bonds is 7. The van der Waals surface area contributed by atoms with Crippen LogP contribution in [0.1, 0.15) is 57.4 Å². The molecule has 0 unspecified atom stereocenters. The first-order chi connectivity index (χ1) is 15.1. The molecule has 0 aliphatic heterocycles. The molecule has 4 heteroatoms. The maximum atomic E-state index is 13.7. The quantitative estimate of drug-likeness (QED) is 0.390. The van der Waals surface area contributed by atoms with Crippen LogP contribution in [-0.4, -0.2) is 12.5 Å². The molecule has 0 atom stereocenters. The van der Waals surface area contributed by atoms with Gasteiger partial charge in [-0.05, 0) is 49.1 Å². The third-order valence-corrected chi connectivity index (χ3v) is 6.68. The molecule has 3 aromatic carbocycles. The molecule has 162 valence electrons. The minimum atomic E-state index is -0.514. The molecular formula is C27H30ClNO2. The first-order valence-electron chi connectivity index (χ1n) is 11.4. The standard InChI is InChI=1S/C27H30ClNO2/c1-2-3-19-31-25-16-15-24(22-9-5-6-10-23(22)25)29-26(30)27(17-7-4-8-18-27)20-11-13-21(28)14-12-20/h5-6,9-16H,2-4,7-8,17-19H2,1H3,(H,29,30). The summed E-state index contributed by atoms with van der Waals surface area (Å²) < 4.78 is 6.01. The highest BCUT2D eigenvalue weighted by Crippen LogP contribution is 2.41. The molecule has 1 N–H and O–H groups in total. The van der Waals surface area contributed by atoms with E-state index < -0.39 is 5.41 Å². The van der Waals surface area contributed by atoms with Crippen LogP contribution in [0.5, 0.6) is 5.75 Å². The van der Waals surface area contributed by atoms with Crippen molar-refractivity contribution in [2.45, 2.75) is 57.3 Å². The van der Waals surface area contributed by atoms with Crippen molar-refractivity contribution in [3.8, 4) is 5.75 Å². The lowest BCUT2D eigenvalue weighted by Crippen LogP contribution is -2.42. The summed E-state index contributed by atoms with van der Waals surface area (Å²) in [6.07, 6.45) is 7.12. The number of benzene rings is 3. The van der Waals surface area contributed by atoms with Crippen molar-refractivity contribution < 1.29 is 9.53 Å². The summed E-state index contributed by atoms with van der Waals surface area (Å²) in [5.41, 5.74) is 1.38. The lowest BCUT2D eigenvalue weighted by molar-refractivity contribution is -0.122. The molecular weight excluding hydrogens is 406 g/mol. The van der Waals surface area contributed by atoms with Crippen LogP contribution < -0.4 is 10.1 Å². The molecule has 3 nitrogen and oxygen atoms in total. The number of ether oxygens (including phenoxy) is 1. The van der Waals surface area contributed by atoms with E-state index in [9.17, 15) is 4.79 Å². The zero-order valence-corrected chi connectivity index (χ0v) is 18.9. The van der Waals surface area contributed by atoms with Gasteiger partial charge in [0.05, 0.1) is 12.0 Å². The SMILES string of the molecule is CCCCOc1ccc(NC(=O)C2(c3ccc(Cl)cc3)CCCCC2)c2ccccc12. The molecule has 3 aromatic rings. The topological polar surface area (TPSA) is 38.3 Å². The predicted octanol–water partition coefficient (Wildman–Crippen LogP) is 7.51. The number of carbonyl (C=O) groups is 1. The van der Waals surface area contributed by atoms with E-state index in [0.717, 1.165) is 66.3 Å². The Kier molecular flexibility index (Phi) is 6.82. The van der Waals surface area contributed by atoms with Crippen molar-refractivity contribution in [1.82, 2.24) is 0 Å². The second-order valence-electron chi connectivity index (χ2n) is 8.46. The normalized spacial score (nSPS) is 15.5. The van der Waals surface area contributed by atoms with Crippen molar-refractivity contribution in [3.05, 3.63) is 71.2 Å². The van der Waals surface area contributed by atoms with Crippen molar-refractivity contribution >= 4 is 34.0 Å².